The van der Waals surface area contributed by atoms with E-state index < -0.39 is 0 Å². The molecule has 0 N–H and O–H groups in total. The molecule has 0 saturated carbocycles. The van der Waals surface area contributed by atoms with E-state index in [9.17, 15) is 0 Å². The van der Waals surface area contributed by atoms with Crippen LogP contribution in [0.2, 0.25) is 0 Å². The Labute approximate surface area is 69.3 Å². The number of halogens is 1. The third-order valence-electron chi connectivity index (χ3n) is 1.09. The zero-order valence-electron chi connectivity index (χ0n) is 5.35. The zero-order chi connectivity index (χ0) is 6.85. The van der Waals surface area contributed by atoms with E-state index in [1.807, 2.05) is 11.4 Å². The second kappa shape index (κ2) is 2.97. The van der Waals surface area contributed by atoms with E-state index >= 15 is 0 Å². The van der Waals surface area contributed by atoms with Crippen molar-refractivity contribution in [2.75, 3.05) is 0 Å². The summed E-state index contributed by atoms with van der Waals surface area (Å²) in [5, 5.41) is 4.25. The molecule has 0 bridgehead atoms. The average Bonchev–Trinajstić information content (AvgIpc) is 2.10. The predicted molar refractivity (Wildman–Crippen MR) is 49.4 cm³/mol. The molecule has 2 nitrogen and oxygen atoms in total. The molecule has 50 valence electrons. The van der Waals surface area contributed by atoms with Crippen molar-refractivity contribution in [3.8, 4) is 0 Å². The van der Waals surface area contributed by atoms with Gasteiger partial charge in [0.25, 0.3) is 0 Å². The molecule has 0 aliphatic rings. The number of aryl methyl sites for hydroxylation is 2. The summed E-state index contributed by atoms with van der Waals surface area (Å²) < 4.78 is 2.01. The van der Waals surface area contributed by atoms with Crippen molar-refractivity contribution in [3.05, 3.63) is 17.5 Å². The predicted octanol–water partition coefficient (Wildman–Crippen LogP) is 2.29. The van der Waals surface area contributed by atoms with Gasteiger partial charge in [-0.25, -0.2) is 4.45 Å². The van der Waals surface area contributed by atoms with Crippen LogP contribution in [0.4, 0.5) is 0 Å². The normalized spacial score (nSPS) is 11.4. The first-order valence-electron chi connectivity index (χ1n) is 2.64. The Morgan fingerprint density at radius 1 is 1.67 bits per heavy atom. The summed E-state index contributed by atoms with van der Waals surface area (Å²) in [6, 6.07) is 2.09. The lowest BCUT2D eigenvalue weighted by molar-refractivity contribution is 0.947. The summed E-state index contributed by atoms with van der Waals surface area (Å²) in [5.41, 5.74) is 2.36. The van der Waals surface area contributed by atoms with Crippen LogP contribution in [0.3, 0.4) is 0 Å². The highest BCUT2D eigenvalue weighted by Gasteiger charge is 1.96. The van der Waals surface area contributed by atoms with Crippen LogP contribution in [-0.4, -0.2) is 9.55 Å². The van der Waals surface area contributed by atoms with Crippen molar-refractivity contribution < 1.29 is 0 Å². The molecule has 4 heteroatoms. The van der Waals surface area contributed by atoms with E-state index in [0.29, 0.717) is 0 Å². The summed E-state index contributed by atoms with van der Waals surface area (Å²) >= 11 is 2.32. The van der Waals surface area contributed by atoms with Crippen LogP contribution in [0, 0.1) is 13.8 Å². The van der Waals surface area contributed by atoms with Gasteiger partial charge in [0.2, 0.25) is 0 Å². The SMILES string of the molecule is Cc1cc(C)n(PI)n1. The number of hydrogen-bond donors (Lipinski definition) is 0. The number of nitrogens with zero attached hydrogens (tertiary/aromatic N) is 2. The van der Waals surface area contributed by atoms with Gasteiger partial charge >= 0.3 is 0 Å². The molecule has 1 unspecified atom stereocenters. The molecule has 1 rings (SSSR count). The monoisotopic (exact) mass is 254 g/mol. The molecular formula is C5H8IN2P. The largest absolute Gasteiger partial charge is 0.242 e. The lowest BCUT2D eigenvalue weighted by Gasteiger charge is -1.93. The van der Waals surface area contributed by atoms with Gasteiger partial charge in [0.05, 0.1) is 12.1 Å². The molecule has 9 heavy (non-hydrogen) atoms. The van der Waals surface area contributed by atoms with Gasteiger partial charge in [-0.3, -0.25) is 0 Å². The topological polar surface area (TPSA) is 17.8 Å². The Morgan fingerprint density at radius 3 is 2.56 bits per heavy atom. The van der Waals surface area contributed by atoms with Crippen LogP contribution in [-0.2, 0) is 0 Å². The fourth-order valence-electron chi connectivity index (χ4n) is 0.714. The number of aromatic nitrogens is 2. The Morgan fingerprint density at radius 2 is 2.33 bits per heavy atom. The van der Waals surface area contributed by atoms with Gasteiger partial charge in [-0.1, -0.05) is 0 Å². The van der Waals surface area contributed by atoms with Crippen LogP contribution >= 0.6 is 28.4 Å². The third-order valence-corrected chi connectivity index (χ3v) is 3.07. The van der Waals surface area contributed by atoms with Crippen molar-refractivity contribution in [2.45, 2.75) is 13.8 Å². The van der Waals surface area contributed by atoms with Crippen LogP contribution in [0.15, 0.2) is 6.07 Å². The molecule has 0 aliphatic heterocycles. The van der Waals surface area contributed by atoms with Gasteiger partial charge in [-0.2, -0.15) is 5.10 Å². The van der Waals surface area contributed by atoms with Crippen molar-refractivity contribution in [2.24, 2.45) is 0 Å². The van der Waals surface area contributed by atoms with Crippen molar-refractivity contribution in [1.29, 1.82) is 0 Å². The second-order valence-electron chi connectivity index (χ2n) is 1.92. The van der Waals surface area contributed by atoms with E-state index in [1.54, 1.807) is 0 Å². The van der Waals surface area contributed by atoms with Gasteiger partial charge in [0.1, 0.15) is 0 Å². The van der Waals surface area contributed by atoms with Gasteiger partial charge in [-0.15, -0.1) is 0 Å². The third kappa shape index (κ3) is 1.64. The van der Waals surface area contributed by atoms with Crippen LogP contribution in [0.5, 0.6) is 0 Å². The summed E-state index contributed by atoms with van der Waals surface area (Å²) in [6.45, 7) is 4.09. The molecule has 0 spiro atoms. The van der Waals surface area contributed by atoms with Crippen molar-refractivity contribution >= 4 is 28.4 Å². The molecule has 1 aromatic heterocycles. The Kier molecular flexibility index (Phi) is 2.47. The molecule has 1 heterocycles. The first-order valence-corrected chi connectivity index (χ1v) is 6.70. The van der Waals surface area contributed by atoms with Crippen molar-refractivity contribution in [1.82, 2.24) is 9.55 Å². The van der Waals surface area contributed by atoms with E-state index in [-0.39, 0.29) is 0 Å². The maximum atomic E-state index is 4.25. The van der Waals surface area contributed by atoms with E-state index in [1.165, 1.54) is 5.69 Å². The Balaban J connectivity index is 3.01. The molecule has 1 aromatic rings. The second-order valence-corrected chi connectivity index (χ2v) is 3.96. The molecule has 0 saturated heterocycles. The Bertz CT molecular complexity index is 209. The zero-order valence-corrected chi connectivity index (χ0v) is 8.51. The standard InChI is InChI=1S/C5H8IN2P/c1-4-3-5(2)8(7-4)9-6/h3,9H,1-2H3. The van der Waals surface area contributed by atoms with Crippen LogP contribution in [0.25, 0.3) is 0 Å². The van der Waals surface area contributed by atoms with Crippen LogP contribution in [0.1, 0.15) is 11.4 Å². The first kappa shape index (κ1) is 7.48. The van der Waals surface area contributed by atoms with Gasteiger partial charge < -0.3 is 0 Å². The van der Waals surface area contributed by atoms with E-state index in [0.717, 1.165) is 12.1 Å². The quantitative estimate of drug-likeness (QED) is 0.555. The van der Waals surface area contributed by atoms with Crippen molar-refractivity contribution in [3.63, 3.8) is 0 Å². The minimum atomic E-state index is 0.725. The highest BCUT2D eigenvalue weighted by Crippen LogP contribution is 2.24. The highest BCUT2D eigenvalue weighted by atomic mass is 127. The number of hydrogen-bond acceptors (Lipinski definition) is 1. The number of rotatable bonds is 1. The molecule has 0 fully saturated rings. The first-order chi connectivity index (χ1) is 4.24. The minimum absolute atomic E-state index is 0.725. The highest BCUT2D eigenvalue weighted by molar-refractivity contribution is 14.2. The summed E-state index contributed by atoms with van der Waals surface area (Å²) in [4.78, 5) is 0. The summed E-state index contributed by atoms with van der Waals surface area (Å²) in [6.07, 6.45) is 0.725. The molecular weight excluding hydrogens is 246 g/mol. The maximum Gasteiger partial charge on any atom is 0.0680 e. The fraction of sp³-hybridized carbons (Fsp3) is 0.400. The molecule has 0 aromatic carbocycles. The smallest absolute Gasteiger partial charge is 0.0680 e. The summed E-state index contributed by atoms with van der Waals surface area (Å²) in [5.74, 6) is 0. The lowest BCUT2D eigenvalue weighted by atomic mass is 10.4. The lowest BCUT2D eigenvalue weighted by Crippen LogP contribution is -1.84. The average molecular weight is 254 g/mol. The Hall–Kier alpha value is 0.370. The molecule has 0 radical (unpaired) electrons. The molecule has 0 aliphatic carbocycles. The fourth-order valence-corrected chi connectivity index (χ4v) is 2.57. The minimum Gasteiger partial charge on any atom is -0.242 e. The summed E-state index contributed by atoms with van der Waals surface area (Å²) in [7, 11) is 0. The molecule has 1 atom stereocenters. The molecule has 0 amide bonds. The van der Waals surface area contributed by atoms with Gasteiger partial charge in [-0.05, 0) is 42.0 Å². The van der Waals surface area contributed by atoms with E-state index in [2.05, 4.69) is 40.1 Å². The van der Waals surface area contributed by atoms with Gasteiger partial charge in [0, 0.05) is 5.69 Å². The van der Waals surface area contributed by atoms with E-state index in [4.69, 9.17) is 0 Å². The van der Waals surface area contributed by atoms with Gasteiger partial charge in [0.15, 0.2) is 0 Å². The van der Waals surface area contributed by atoms with Crippen LogP contribution < -0.4 is 0 Å². The maximum absolute atomic E-state index is 4.25.